The summed E-state index contributed by atoms with van der Waals surface area (Å²) in [7, 11) is 0. The van der Waals surface area contributed by atoms with Gasteiger partial charge in [0, 0.05) is 16.2 Å². The molecule has 1 aliphatic rings. The van der Waals surface area contributed by atoms with Crippen LogP contribution in [0.25, 0.3) is 0 Å². The van der Waals surface area contributed by atoms with Crippen LogP contribution in [-0.4, -0.2) is 15.1 Å². The maximum absolute atomic E-state index is 10.2. The molecular formula is C7H9N3O2. The van der Waals surface area contributed by atoms with Crippen molar-refractivity contribution in [2.75, 3.05) is 0 Å². The van der Waals surface area contributed by atoms with Crippen molar-refractivity contribution in [3.05, 3.63) is 27.1 Å². The summed E-state index contributed by atoms with van der Waals surface area (Å²) in [5, 5.41) is 17.0. The molecule has 0 spiro atoms. The number of rotatable bonds is 2. The average Bonchev–Trinajstić information content (AvgIpc) is 2.52. The Morgan fingerprint density at radius 1 is 1.58 bits per heavy atom. The molecular weight excluding hydrogens is 158 g/mol. The average molecular weight is 167 g/mol. The second-order valence-corrected chi connectivity index (χ2v) is 2.97. The smallest absolute Gasteiger partial charge is 0.247 e. The van der Waals surface area contributed by atoms with Gasteiger partial charge in [-0.05, 0) is 19.3 Å². The maximum atomic E-state index is 10.2. The fourth-order valence-corrected chi connectivity index (χ4v) is 1.64. The van der Waals surface area contributed by atoms with E-state index in [4.69, 9.17) is 0 Å². The van der Waals surface area contributed by atoms with E-state index in [9.17, 15) is 10.1 Å². The van der Waals surface area contributed by atoms with Crippen LogP contribution in [0.5, 0.6) is 0 Å². The van der Waals surface area contributed by atoms with E-state index in [1.807, 2.05) is 0 Å². The first-order chi connectivity index (χ1) is 5.77. The van der Waals surface area contributed by atoms with Crippen molar-refractivity contribution in [2.45, 2.75) is 25.8 Å². The second kappa shape index (κ2) is 2.58. The Morgan fingerprint density at radius 2 is 2.42 bits per heavy atom. The van der Waals surface area contributed by atoms with Crippen LogP contribution in [0.15, 0.2) is 0 Å². The molecule has 12 heavy (non-hydrogen) atoms. The zero-order valence-corrected chi connectivity index (χ0v) is 6.54. The SMILES string of the molecule is O=[N+]([O-])Cc1n[nH]c2c1CCC2. The molecule has 0 bridgehead atoms. The van der Waals surface area contributed by atoms with Crippen LogP contribution < -0.4 is 0 Å². The third-order valence-electron chi connectivity index (χ3n) is 2.17. The van der Waals surface area contributed by atoms with Crippen molar-refractivity contribution in [1.29, 1.82) is 0 Å². The summed E-state index contributed by atoms with van der Waals surface area (Å²) in [6.07, 6.45) is 3.02. The molecule has 0 radical (unpaired) electrons. The number of nitrogens with zero attached hydrogens (tertiary/aromatic N) is 2. The molecule has 2 rings (SSSR count). The fourth-order valence-electron chi connectivity index (χ4n) is 1.64. The highest BCUT2D eigenvalue weighted by Crippen LogP contribution is 2.22. The predicted molar refractivity (Wildman–Crippen MR) is 41.3 cm³/mol. The van der Waals surface area contributed by atoms with Gasteiger partial charge in [-0.2, -0.15) is 5.10 Å². The number of nitro groups is 1. The van der Waals surface area contributed by atoms with Crippen LogP contribution >= 0.6 is 0 Å². The summed E-state index contributed by atoms with van der Waals surface area (Å²) < 4.78 is 0. The molecule has 0 aromatic carbocycles. The van der Waals surface area contributed by atoms with E-state index >= 15 is 0 Å². The lowest BCUT2D eigenvalue weighted by Crippen LogP contribution is -2.01. The molecule has 1 aromatic rings. The van der Waals surface area contributed by atoms with Crippen LogP contribution in [0.2, 0.25) is 0 Å². The summed E-state index contributed by atoms with van der Waals surface area (Å²) in [4.78, 5) is 9.88. The van der Waals surface area contributed by atoms with E-state index < -0.39 is 0 Å². The van der Waals surface area contributed by atoms with Crippen molar-refractivity contribution in [3.8, 4) is 0 Å². The summed E-state index contributed by atoms with van der Waals surface area (Å²) in [6, 6.07) is 0. The molecule has 5 nitrogen and oxygen atoms in total. The number of aromatic amines is 1. The van der Waals surface area contributed by atoms with Crippen molar-refractivity contribution in [1.82, 2.24) is 10.2 Å². The number of hydrogen-bond donors (Lipinski definition) is 1. The van der Waals surface area contributed by atoms with Gasteiger partial charge in [0.15, 0.2) is 0 Å². The Labute approximate surface area is 68.9 Å². The summed E-state index contributed by atoms with van der Waals surface area (Å²) in [6.45, 7) is -0.147. The molecule has 1 aromatic heterocycles. The number of nitrogens with one attached hydrogen (secondary N) is 1. The number of hydrogen-bond acceptors (Lipinski definition) is 3. The Hall–Kier alpha value is -1.39. The molecule has 0 unspecified atom stereocenters. The first-order valence-corrected chi connectivity index (χ1v) is 3.94. The van der Waals surface area contributed by atoms with Gasteiger partial charge in [-0.25, -0.2) is 0 Å². The van der Waals surface area contributed by atoms with Crippen molar-refractivity contribution in [3.63, 3.8) is 0 Å². The zero-order valence-electron chi connectivity index (χ0n) is 6.54. The topological polar surface area (TPSA) is 71.8 Å². The Bertz CT molecular complexity index is 318. The molecule has 0 aliphatic heterocycles. The lowest BCUT2D eigenvalue weighted by Gasteiger charge is -1.91. The molecule has 0 saturated heterocycles. The van der Waals surface area contributed by atoms with E-state index in [0.29, 0.717) is 5.69 Å². The zero-order chi connectivity index (χ0) is 8.55. The van der Waals surface area contributed by atoms with Crippen molar-refractivity contribution in [2.24, 2.45) is 0 Å². The van der Waals surface area contributed by atoms with Gasteiger partial charge in [-0.1, -0.05) is 0 Å². The first-order valence-electron chi connectivity index (χ1n) is 3.94. The highest BCUT2D eigenvalue weighted by Gasteiger charge is 2.20. The predicted octanol–water partition coefficient (Wildman–Crippen LogP) is 0.675. The van der Waals surface area contributed by atoms with Crippen LogP contribution in [0.1, 0.15) is 23.4 Å². The molecule has 0 atom stereocenters. The number of fused-ring (bicyclic) bond motifs is 1. The Morgan fingerprint density at radius 3 is 3.17 bits per heavy atom. The first kappa shape index (κ1) is 7.27. The molecule has 0 fully saturated rings. The molecule has 5 heteroatoms. The molecule has 1 aliphatic carbocycles. The normalized spacial score (nSPS) is 14.7. The van der Waals surface area contributed by atoms with Gasteiger partial charge in [-0.15, -0.1) is 0 Å². The quantitative estimate of drug-likeness (QED) is 0.520. The van der Waals surface area contributed by atoms with Crippen LogP contribution in [0.4, 0.5) is 0 Å². The van der Waals surface area contributed by atoms with Gasteiger partial charge in [0.2, 0.25) is 6.54 Å². The Kier molecular flexibility index (Phi) is 1.56. The fraction of sp³-hybridized carbons (Fsp3) is 0.571. The lowest BCUT2D eigenvalue weighted by atomic mass is 10.2. The summed E-state index contributed by atoms with van der Waals surface area (Å²) in [5.41, 5.74) is 2.78. The lowest BCUT2D eigenvalue weighted by molar-refractivity contribution is -0.497. The van der Waals surface area contributed by atoms with Crippen molar-refractivity contribution >= 4 is 0 Å². The largest absolute Gasteiger partial charge is 0.282 e. The highest BCUT2D eigenvalue weighted by atomic mass is 16.6. The minimum absolute atomic E-state index is 0.147. The van der Waals surface area contributed by atoms with E-state index in [1.54, 1.807) is 0 Å². The van der Waals surface area contributed by atoms with E-state index in [2.05, 4.69) is 10.2 Å². The molecule has 0 amide bonds. The molecule has 1 N–H and O–H groups in total. The van der Waals surface area contributed by atoms with Gasteiger partial charge < -0.3 is 0 Å². The summed E-state index contributed by atoms with van der Waals surface area (Å²) in [5.74, 6) is 0. The highest BCUT2D eigenvalue weighted by molar-refractivity contribution is 5.28. The van der Waals surface area contributed by atoms with Gasteiger partial charge in [0.05, 0.1) is 0 Å². The van der Waals surface area contributed by atoms with Gasteiger partial charge in [0.1, 0.15) is 5.69 Å². The van der Waals surface area contributed by atoms with Crippen LogP contribution in [0, 0.1) is 10.1 Å². The third-order valence-corrected chi connectivity index (χ3v) is 2.17. The molecule has 64 valence electrons. The number of H-pyrrole nitrogens is 1. The number of aryl methyl sites for hydroxylation is 1. The van der Waals surface area contributed by atoms with Gasteiger partial charge in [-0.3, -0.25) is 15.2 Å². The van der Waals surface area contributed by atoms with E-state index in [-0.39, 0.29) is 11.5 Å². The van der Waals surface area contributed by atoms with E-state index in [0.717, 1.165) is 30.5 Å². The number of aromatic nitrogens is 2. The summed E-state index contributed by atoms with van der Waals surface area (Å²) >= 11 is 0. The molecule has 0 saturated carbocycles. The van der Waals surface area contributed by atoms with Crippen LogP contribution in [0.3, 0.4) is 0 Å². The minimum atomic E-state index is -0.339. The second-order valence-electron chi connectivity index (χ2n) is 2.97. The van der Waals surface area contributed by atoms with Crippen LogP contribution in [-0.2, 0) is 19.4 Å². The Balaban J connectivity index is 2.27. The molecule has 1 heterocycles. The van der Waals surface area contributed by atoms with Gasteiger partial charge in [0.25, 0.3) is 0 Å². The van der Waals surface area contributed by atoms with Crippen molar-refractivity contribution < 1.29 is 4.92 Å². The van der Waals surface area contributed by atoms with Gasteiger partial charge >= 0.3 is 0 Å². The van der Waals surface area contributed by atoms with E-state index in [1.165, 1.54) is 0 Å². The maximum Gasteiger partial charge on any atom is 0.247 e. The minimum Gasteiger partial charge on any atom is -0.282 e. The third kappa shape index (κ3) is 1.07. The standard InChI is InChI=1S/C7H9N3O2/c11-10(12)4-7-5-2-1-3-6(5)8-9-7/h1-4H2,(H,8,9). The monoisotopic (exact) mass is 167 g/mol.